The molecule has 0 aliphatic carbocycles. The maximum absolute atomic E-state index is 6.27. The summed E-state index contributed by atoms with van der Waals surface area (Å²) >= 11 is 6.27. The van der Waals surface area contributed by atoms with Crippen LogP contribution in [-0.2, 0) is 6.42 Å². The van der Waals surface area contributed by atoms with Crippen molar-refractivity contribution in [2.45, 2.75) is 6.42 Å². The molecule has 2 heterocycles. The van der Waals surface area contributed by atoms with E-state index >= 15 is 0 Å². The van der Waals surface area contributed by atoms with Crippen molar-refractivity contribution >= 4 is 17.3 Å². The van der Waals surface area contributed by atoms with Gasteiger partial charge in [-0.05, 0) is 24.3 Å². The van der Waals surface area contributed by atoms with Crippen LogP contribution in [0.5, 0.6) is 0 Å². The molecule has 0 radical (unpaired) electrons. The Hall–Kier alpha value is -1.58. The molecule has 1 aromatic heterocycles. The summed E-state index contributed by atoms with van der Waals surface area (Å²) in [6.45, 7) is 5.31. The van der Waals surface area contributed by atoms with Gasteiger partial charge in [0.2, 0.25) is 0 Å². The third-order valence-electron chi connectivity index (χ3n) is 3.98. The standard InChI is InChI=1S/C17H20ClN3/c18-16-6-1-2-7-17(16)21-13-11-20(12-14-21)10-8-15-5-3-4-9-19-15/h1-7,9H,8,10-14H2. The maximum atomic E-state index is 6.27. The fraction of sp³-hybridized carbons (Fsp3) is 0.353. The van der Waals surface area contributed by atoms with Crippen LogP contribution in [0.1, 0.15) is 5.69 Å². The Bertz CT molecular complexity index is 565. The van der Waals surface area contributed by atoms with Gasteiger partial charge >= 0.3 is 0 Å². The van der Waals surface area contributed by atoms with Crippen LogP contribution >= 0.6 is 11.6 Å². The number of piperazine rings is 1. The van der Waals surface area contributed by atoms with E-state index in [9.17, 15) is 0 Å². The molecular weight excluding hydrogens is 282 g/mol. The number of hydrogen-bond acceptors (Lipinski definition) is 3. The van der Waals surface area contributed by atoms with Crippen molar-refractivity contribution in [2.24, 2.45) is 0 Å². The van der Waals surface area contributed by atoms with Gasteiger partial charge in [0.15, 0.2) is 0 Å². The minimum atomic E-state index is 0.847. The van der Waals surface area contributed by atoms with E-state index in [1.54, 1.807) is 0 Å². The minimum absolute atomic E-state index is 0.847. The van der Waals surface area contributed by atoms with Crippen molar-refractivity contribution in [2.75, 3.05) is 37.6 Å². The maximum Gasteiger partial charge on any atom is 0.0639 e. The topological polar surface area (TPSA) is 19.4 Å². The molecule has 0 N–H and O–H groups in total. The number of anilines is 1. The van der Waals surface area contributed by atoms with Crippen molar-refractivity contribution in [3.63, 3.8) is 0 Å². The van der Waals surface area contributed by atoms with Crippen molar-refractivity contribution < 1.29 is 0 Å². The minimum Gasteiger partial charge on any atom is -0.368 e. The highest BCUT2D eigenvalue weighted by Gasteiger charge is 2.18. The Morgan fingerprint density at radius 1 is 0.952 bits per heavy atom. The Balaban J connectivity index is 1.50. The van der Waals surface area contributed by atoms with Gasteiger partial charge in [-0.3, -0.25) is 9.88 Å². The van der Waals surface area contributed by atoms with E-state index in [4.69, 9.17) is 11.6 Å². The molecule has 0 saturated carbocycles. The number of pyridine rings is 1. The molecule has 3 rings (SSSR count). The number of hydrogen-bond donors (Lipinski definition) is 0. The fourth-order valence-electron chi connectivity index (χ4n) is 2.74. The third kappa shape index (κ3) is 3.74. The van der Waals surface area contributed by atoms with Crippen LogP contribution < -0.4 is 4.90 Å². The second-order valence-electron chi connectivity index (χ2n) is 5.35. The molecule has 21 heavy (non-hydrogen) atoms. The first kappa shape index (κ1) is 14.4. The van der Waals surface area contributed by atoms with Gasteiger partial charge in [-0.1, -0.05) is 29.8 Å². The number of halogens is 1. The Morgan fingerprint density at radius 2 is 1.71 bits per heavy atom. The van der Waals surface area contributed by atoms with Gasteiger partial charge in [0.25, 0.3) is 0 Å². The molecule has 1 aliphatic rings. The molecule has 3 nitrogen and oxygen atoms in total. The molecule has 0 amide bonds. The quantitative estimate of drug-likeness (QED) is 0.865. The highest BCUT2D eigenvalue weighted by molar-refractivity contribution is 6.33. The van der Waals surface area contributed by atoms with Gasteiger partial charge in [-0.2, -0.15) is 0 Å². The largest absolute Gasteiger partial charge is 0.368 e. The zero-order valence-corrected chi connectivity index (χ0v) is 12.8. The zero-order chi connectivity index (χ0) is 14.5. The van der Waals surface area contributed by atoms with Crippen molar-refractivity contribution in [1.29, 1.82) is 0 Å². The molecule has 0 bridgehead atoms. The summed E-state index contributed by atoms with van der Waals surface area (Å²) < 4.78 is 0. The average Bonchev–Trinajstić information content (AvgIpc) is 2.55. The predicted molar refractivity (Wildman–Crippen MR) is 88.0 cm³/mol. The first-order valence-electron chi connectivity index (χ1n) is 7.45. The molecule has 1 fully saturated rings. The highest BCUT2D eigenvalue weighted by Crippen LogP contribution is 2.25. The van der Waals surface area contributed by atoms with Gasteiger partial charge in [0, 0.05) is 51.0 Å². The normalized spacial score (nSPS) is 16.1. The van der Waals surface area contributed by atoms with E-state index in [2.05, 4.69) is 39.0 Å². The number of rotatable bonds is 4. The smallest absolute Gasteiger partial charge is 0.0639 e. The first-order valence-corrected chi connectivity index (χ1v) is 7.82. The molecule has 110 valence electrons. The highest BCUT2D eigenvalue weighted by atomic mass is 35.5. The lowest BCUT2D eigenvalue weighted by Gasteiger charge is -2.36. The molecule has 0 atom stereocenters. The second kappa shape index (κ2) is 6.92. The molecule has 1 aromatic carbocycles. The van der Waals surface area contributed by atoms with Gasteiger partial charge in [0.05, 0.1) is 10.7 Å². The molecule has 1 aliphatic heterocycles. The van der Waals surface area contributed by atoms with Crippen LogP contribution in [0.3, 0.4) is 0 Å². The molecule has 0 unspecified atom stereocenters. The van der Waals surface area contributed by atoms with E-state index in [0.717, 1.165) is 49.9 Å². The van der Waals surface area contributed by atoms with Crippen molar-refractivity contribution in [3.05, 3.63) is 59.4 Å². The fourth-order valence-corrected chi connectivity index (χ4v) is 2.99. The average molecular weight is 302 g/mol. The van der Waals surface area contributed by atoms with Crippen LogP contribution in [0.4, 0.5) is 5.69 Å². The molecule has 1 saturated heterocycles. The summed E-state index contributed by atoms with van der Waals surface area (Å²) in [5.41, 5.74) is 2.33. The summed E-state index contributed by atoms with van der Waals surface area (Å²) in [5, 5.41) is 0.847. The van der Waals surface area contributed by atoms with Crippen LogP contribution in [0, 0.1) is 0 Å². The van der Waals surface area contributed by atoms with Crippen LogP contribution in [0.25, 0.3) is 0 Å². The van der Waals surface area contributed by atoms with E-state index in [1.165, 1.54) is 5.69 Å². The van der Waals surface area contributed by atoms with E-state index in [0.29, 0.717) is 0 Å². The first-order chi connectivity index (χ1) is 10.3. The SMILES string of the molecule is Clc1ccccc1N1CCN(CCc2ccccn2)CC1. The summed E-state index contributed by atoms with van der Waals surface area (Å²) in [6.07, 6.45) is 2.89. The Labute approximate surface area is 131 Å². The van der Waals surface area contributed by atoms with E-state index in [1.807, 2.05) is 24.4 Å². The second-order valence-corrected chi connectivity index (χ2v) is 5.76. The summed E-state index contributed by atoms with van der Waals surface area (Å²) in [5.74, 6) is 0. The molecule has 4 heteroatoms. The van der Waals surface area contributed by atoms with Crippen LogP contribution in [-0.4, -0.2) is 42.6 Å². The lowest BCUT2D eigenvalue weighted by Crippen LogP contribution is -2.47. The zero-order valence-electron chi connectivity index (χ0n) is 12.1. The van der Waals surface area contributed by atoms with Crippen molar-refractivity contribution in [3.8, 4) is 0 Å². The summed E-state index contributed by atoms with van der Waals surface area (Å²) in [7, 11) is 0. The summed E-state index contributed by atoms with van der Waals surface area (Å²) in [6, 6.07) is 14.2. The van der Waals surface area contributed by atoms with Gasteiger partial charge < -0.3 is 4.90 Å². The van der Waals surface area contributed by atoms with E-state index < -0.39 is 0 Å². The molecule has 2 aromatic rings. The Kier molecular flexibility index (Phi) is 4.73. The third-order valence-corrected chi connectivity index (χ3v) is 4.30. The van der Waals surface area contributed by atoms with Crippen LogP contribution in [0.15, 0.2) is 48.7 Å². The van der Waals surface area contributed by atoms with E-state index in [-0.39, 0.29) is 0 Å². The number of aromatic nitrogens is 1. The van der Waals surface area contributed by atoms with Crippen molar-refractivity contribution in [1.82, 2.24) is 9.88 Å². The van der Waals surface area contributed by atoms with Crippen LogP contribution in [0.2, 0.25) is 5.02 Å². The molecule has 0 spiro atoms. The predicted octanol–water partition coefficient (Wildman–Crippen LogP) is 3.10. The number of para-hydroxylation sites is 1. The lowest BCUT2D eigenvalue weighted by atomic mass is 10.2. The van der Waals surface area contributed by atoms with Gasteiger partial charge in [0.1, 0.15) is 0 Å². The Morgan fingerprint density at radius 3 is 2.43 bits per heavy atom. The molecular formula is C17H20ClN3. The lowest BCUT2D eigenvalue weighted by molar-refractivity contribution is 0.260. The monoisotopic (exact) mass is 301 g/mol. The van der Waals surface area contributed by atoms with Gasteiger partial charge in [-0.25, -0.2) is 0 Å². The number of nitrogens with zero attached hydrogens (tertiary/aromatic N) is 3. The summed E-state index contributed by atoms with van der Waals surface area (Å²) in [4.78, 5) is 9.26. The number of benzene rings is 1. The van der Waals surface area contributed by atoms with Gasteiger partial charge in [-0.15, -0.1) is 0 Å².